The van der Waals surface area contributed by atoms with Crippen LogP contribution in [-0.2, 0) is 20.4 Å². The highest BCUT2D eigenvalue weighted by Gasteiger charge is 2.37. The standard InChI is InChI=1S/C31H41NO3/c1-7-8-9-10-11-12-25(28(33)32-24-16-13-22(14-17-24)29(34)35-6)23-15-18-26-27(21-23)31(4,5)20-19-30(26,2)3/h12-18,21H,7-11,19-20H2,1-6H3,(H,32,33)/b25-12-. The van der Waals surface area contributed by atoms with Gasteiger partial charge in [0.15, 0.2) is 0 Å². The number of methoxy groups -OCH3 is 1. The lowest BCUT2D eigenvalue weighted by molar-refractivity contribution is -0.111. The van der Waals surface area contributed by atoms with Crippen LogP contribution < -0.4 is 5.32 Å². The molecule has 1 aliphatic carbocycles. The van der Waals surface area contributed by atoms with E-state index < -0.39 is 5.97 Å². The minimum absolute atomic E-state index is 0.0767. The summed E-state index contributed by atoms with van der Waals surface area (Å²) in [5.74, 6) is -0.519. The maximum atomic E-state index is 13.5. The molecular formula is C31H41NO3. The van der Waals surface area contributed by atoms with Gasteiger partial charge < -0.3 is 10.1 Å². The maximum absolute atomic E-state index is 13.5. The van der Waals surface area contributed by atoms with E-state index in [4.69, 9.17) is 4.74 Å². The summed E-state index contributed by atoms with van der Waals surface area (Å²) in [5, 5.41) is 3.03. The maximum Gasteiger partial charge on any atom is 0.337 e. The van der Waals surface area contributed by atoms with Gasteiger partial charge in [0.25, 0.3) is 5.91 Å². The van der Waals surface area contributed by atoms with E-state index in [-0.39, 0.29) is 16.7 Å². The van der Waals surface area contributed by atoms with Gasteiger partial charge in [0, 0.05) is 11.3 Å². The number of hydrogen-bond donors (Lipinski definition) is 1. The third-order valence-corrected chi connectivity index (χ3v) is 7.38. The highest BCUT2D eigenvalue weighted by Crippen LogP contribution is 2.46. The molecule has 4 heteroatoms. The Morgan fingerprint density at radius 3 is 2.14 bits per heavy atom. The van der Waals surface area contributed by atoms with Gasteiger partial charge in [-0.25, -0.2) is 4.79 Å². The lowest BCUT2D eigenvalue weighted by Crippen LogP contribution is -2.34. The van der Waals surface area contributed by atoms with Crippen molar-refractivity contribution >= 4 is 23.1 Å². The average Bonchev–Trinajstić information content (AvgIpc) is 2.84. The summed E-state index contributed by atoms with van der Waals surface area (Å²) in [6.45, 7) is 11.5. The number of allylic oxidation sites excluding steroid dienone is 1. The molecule has 1 aliphatic rings. The number of fused-ring (bicyclic) bond motifs is 1. The van der Waals surface area contributed by atoms with E-state index in [1.807, 2.05) is 0 Å². The molecule has 35 heavy (non-hydrogen) atoms. The number of ether oxygens (including phenoxy) is 1. The number of carbonyl (C=O) groups excluding carboxylic acids is 2. The summed E-state index contributed by atoms with van der Waals surface area (Å²) in [7, 11) is 1.36. The van der Waals surface area contributed by atoms with Crippen LogP contribution in [0.5, 0.6) is 0 Å². The number of anilines is 1. The number of nitrogens with one attached hydrogen (secondary N) is 1. The van der Waals surface area contributed by atoms with Crippen molar-refractivity contribution < 1.29 is 14.3 Å². The van der Waals surface area contributed by atoms with Crippen LogP contribution in [0, 0.1) is 0 Å². The largest absolute Gasteiger partial charge is 0.465 e. The minimum Gasteiger partial charge on any atom is -0.465 e. The lowest BCUT2D eigenvalue weighted by Gasteiger charge is -2.42. The molecule has 0 aliphatic heterocycles. The van der Waals surface area contributed by atoms with Crippen LogP contribution in [0.2, 0.25) is 0 Å². The van der Waals surface area contributed by atoms with Gasteiger partial charge in [0.05, 0.1) is 12.7 Å². The molecule has 0 unspecified atom stereocenters. The summed E-state index contributed by atoms with van der Waals surface area (Å²) >= 11 is 0. The molecule has 0 heterocycles. The number of rotatable bonds is 9. The Labute approximate surface area is 211 Å². The first-order valence-electron chi connectivity index (χ1n) is 12.9. The van der Waals surface area contributed by atoms with Gasteiger partial charge in [-0.2, -0.15) is 0 Å². The Hall–Kier alpha value is -2.88. The molecule has 0 spiro atoms. The van der Waals surface area contributed by atoms with Gasteiger partial charge >= 0.3 is 5.97 Å². The van der Waals surface area contributed by atoms with E-state index in [9.17, 15) is 9.59 Å². The van der Waals surface area contributed by atoms with E-state index in [2.05, 4.69) is 64.2 Å². The number of carbonyl (C=O) groups is 2. The van der Waals surface area contributed by atoms with E-state index in [0.717, 1.165) is 31.2 Å². The molecule has 2 aromatic carbocycles. The fraction of sp³-hybridized carbons (Fsp3) is 0.484. The van der Waals surface area contributed by atoms with Crippen molar-refractivity contribution in [3.05, 3.63) is 70.8 Å². The molecule has 0 bridgehead atoms. The third-order valence-electron chi connectivity index (χ3n) is 7.38. The molecule has 0 aromatic heterocycles. The normalized spacial score (nSPS) is 16.3. The van der Waals surface area contributed by atoms with E-state index >= 15 is 0 Å². The smallest absolute Gasteiger partial charge is 0.337 e. The Morgan fingerprint density at radius 2 is 1.51 bits per heavy atom. The molecule has 0 saturated carbocycles. The number of amides is 1. The van der Waals surface area contributed by atoms with E-state index in [0.29, 0.717) is 16.8 Å². The van der Waals surface area contributed by atoms with Crippen molar-refractivity contribution in [2.24, 2.45) is 0 Å². The van der Waals surface area contributed by atoms with Gasteiger partial charge in [0.2, 0.25) is 0 Å². The molecule has 1 N–H and O–H groups in total. The van der Waals surface area contributed by atoms with E-state index in [1.165, 1.54) is 37.5 Å². The van der Waals surface area contributed by atoms with Crippen molar-refractivity contribution in [1.29, 1.82) is 0 Å². The molecule has 0 atom stereocenters. The number of unbranched alkanes of at least 4 members (excludes halogenated alkanes) is 4. The van der Waals surface area contributed by atoms with Gasteiger partial charge in [0.1, 0.15) is 0 Å². The van der Waals surface area contributed by atoms with Crippen molar-refractivity contribution in [3.63, 3.8) is 0 Å². The number of hydrogen-bond acceptors (Lipinski definition) is 3. The molecule has 1 amide bonds. The molecule has 0 fully saturated rings. The van der Waals surface area contributed by atoms with Crippen molar-refractivity contribution in [2.75, 3.05) is 12.4 Å². The van der Waals surface area contributed by atoms with Crippen LogP contribution in [0.1, 0.15) is 107 Å². The molecule has 3 rings (SSSR count). The minimum atomic E-state index is -0.393. The molecular weight excluding hydrogens is 434 g/mol. The highest BCUT2D eigenvalue weighted by atomic mass is 16.5. The summed E-state index contributed by atoms with van der Waals surface area (Å²) in [6.07, 6.45) is 9.90. The average molecular weight is 476 g/mol. The summed E-state index contributed by atoms with van der Waals surface area (Å²) in [4.78, 5) is 25.2. The Bertz CT molecular complexity index is 1080. The Balaban J connectivity index is 1.92. The second-order valence-electron chi connectivity index (χ2n) is 11.0. The van der Waals surface area contributed by atoms with Gasteiger partial charge in [-0.15, -0.1) is 0 Å². The van der Waals surface area contributed by atoms with Gasteiger partial charge in [-0.1, -0.05) is 78.2 Å². The fourth-order valence-corrected chi connectivity index (χ4v) is 4.92. The van der Waals surface area contributed by atoms with Crippen LogP contribution in [0.3, 0.4) is 0 Å². The van der Waals surface area contributed by atoms with Crippen LogP contribution in [0.25, 0.3) is 5.57 Å². The molecule has 0 saturated heterocycles. The number of benzene rings is 2. The quantitative estimate of drug-likeness (QED) is 0.228. The van der Waals surface area contributed by atoms with Gasteiger partial charge in [-0.3, -0.25) is 4.79 Å². The lowest BCUT2D eigenvalue weighted by atomic mass is 9.63. The summed E-state index contributed by atoms with van der Waals surface area (Å²) in [6, 6.07) is 13.4. The molecule has 4 nitrogen and oxygen atoms in total. The first-order chi connectivity index (χ1) is 16.6. The summed E-state index contributed by atoms with van der Waals surface area (Å²) in [5.41, 5.74) is 5.73. The number of esters is 1. The molecule has 188 valence electrons. The van der Waals surface area contributed by atoms with Crippen molar-refractivity contribution in [2.45, 2.75) is 90.4 Å². The van der Waals surface area contributed by atoms with Gasteiger partial charge in [-0.05, 0) is 77.5 Å². The van der Waals surface area contributed by atoms with Crippen molar-refractivity contribution in [1.82, 2.24) is 0 Å². The SMILES string of the molecule is CCCCCC/C=C(\C(=O)Nc1ccc(C(=O)OC)cc1)c1ccc2c(c1)C(C)(C)CCC2(C)C. The molecule has 2 aromatic rings. The topological polar surface area (TPSA) is 55.4 Å². The third kappa shape index (κ3) is 6.42. The zero-order chi connectivity index (χ0) is 25.6. The van der Waals surface area contributed by atoms with E-state index in [1.54, 1.807) is 24.3 Å². The first-order valence-corrected chi connectivity index (χ1v) is 12.9. The zero-order valence-corrected chi connectivity index (χ0v) is 22.3. The second-order valence-corrected chi connectivity index (χ2v) is 11.0. The zero-order valence-electron chi connectivity index (χ0n) is 22.3. The second kappa shape index (κ2) is 11.2. The fourth-order valence-electron chi connectivity index (χ4n) is 4.92. The van der Waals surface area contributed by atoms with Crippen molar-refractivity contribution in [3.8, 4) is 0 Å². The highest BCUT2D eigenvalue weighted by molar-refractivity contribution is 6.25. The van der Waals surface area contributed by atoms with Crippen LogP contribution >= 0.6 is 0 Å². The monoisotopic (exact) mass is 475 g/mol. The first kappa shape index (κ1) is 26.7. The van der Waals surface area contributed by atoms with Crippen LogP contribution in [0.15, 0.2) is 48.5 Å². The molecule has 0 radical (unpaired) electrons. The Kier molecular flexibility index (Phi) is 8.58. The summed E-state index contributed by atoms with van der Waals surface area (Å²) < 4.78 is 4.77. The Morgan fingerprint density at radius 1 is 0.886 bits per heavy atom. The predicted molar refractivity (Wildman–Crippen MR) is 145 cm³/mol. The van der Waals surface area contributed by atoms with Crippen LogP contribution in [0.4, 0.5) is 5.69 Å². The predicted octanol–water partition coefficient (Wildman–Crippen LogP) is 7.81. The van der Waals surface area contributed by atoms with Crippen LogP contribution in [-0.4, -0.2) is 19.0 Å².